The monoisotopic (exact) mass is 340 g/mol. The van der Waals surface area contributed by atoms with E-state index >= 15 is 0 Å². The number of nitro benzene ring substituents is 1. The fourth-order valence-corrected chi connectivity index (χ4v) is 3.23. The van der Waals surface area contributed by atoms with Gasteiger partial charge in [-0.15, -0.1) is 0 Å². The molecule has 2 rings (SSSR count). The van der Waals surface area contributed by atoms with Crippen molar-refractivity contribution in [3.8, 4) is 5.75 Å². The second-order valence-electron chi connectivity index (χ2n) is 5.92. The molecule has 0 spiro atoms. The van der Waals surface area contributed by atoms with E-state index in [1.165, 1.54) is 38.2 Å². The standard InChI is InChI=1S/C16H21ClN2O4/c17-15-13(19(21)22)9-12(16(18)20)10-14(15)23-8-4-7-11-5-2-1-3-6-11/h9-11H,1-8H2,(H2,18,20). The number of amides is 1. The lowest BCUT2D eigenvalue weighted by Crippen LogP contribution is -2.12. The lowest BCUT2D eigenvalue weighted by molar-refractivity contribution is -0.384. The number of rotatable bonds is 7. The molecule has 0 radical (unpaired) electrons. The van der Waals surface area contributed by atoms with Gasteiger partial charge in [0.15, 0.2) is 5.02 Å². The predicted molar refractivity (Wildman–Crippen MR) is 87.9 cm³/mol. The third kappa shape index (κ3) is 4.82. The normalized spacial score (nSPS) is 15.3. The zero-order chi connectivity index (χ0) is 16.8. The van der Waals surface area contributed by atoms with Gasteiger partial charge in [-0.3, -0.25) is 14.9 Å². The van der Waals surface area contributed by atoms with Crippen molar-refractivity contribution < 1.29 is 14.5 Å². The fourth-order valence-electron chi connectivity index (χ4n) is 2.99. The zero-order valence-electron chi connectivity index (χ0n) is 12.9. The third-order valence-electron chi connectivity index (χ3n) is 4.24. The van der Waals surface area contributed by atoms with Crippen molar-refractivity contribution >= 4 is 23.2 Å². The van der Waals surface area contributed by atoms with Crippen molar-refractivity contribution in [1.29, 1.82) is 0 Å². The van der Waals surface area contributed by atoms with E-state index in [1.54, 1.807) is 0 Å². The lowest BCUT2D eigenvalue weighted by atomic mass is 9.86. The SMILES string of the molecule is NC(=O)c1cc(OCCCC2CCCCC2)c(Cl)c([N+](=O)[O-])c1. The topological polar surface area (TPSA) is 95.5 Å². The smallest absolute Gasteiger partial charge is 0.292 e. The van der Waals surface area contributed by atoms with E-state index in [1.807, 2.05) is 0 Å². The molecule has 1 fully saturated rings. The number of nitrogens with zero attached hydrogens (tertiary/aromatic N) is 1. The first-order valence-electron chi connectivity index (χ1n) is 7.89. The number of carbonyl (C=O) groups excluding carboxylic acids is 1. The highest BCUT2D eigenvalue weighted by Gasteiger charge is 2.21. The summed E-state index contributed by atoms with van der Waals surface area (Å²) in [5, 5.41) is 10.9. The summed E-state index contributed by atoms with van der Waals surface area (Å²) >= 11 is 5.99. The molecule has 1 aliphatic rings. The van der Waals surface area contributed by atoms with E-state index < -0.39 is 10.8 Å². The molecule has 6 nitrogen and oxygen atoms in total. The third-order valence-corrected chi connectivity index (χ3v) is 4.62. The van der Waals surface area contributed by atoms with Gasteiger partial charge in [0.25, 0.3) is 5.69 Å². The molecule has 1 saturated carbocycles. The molecule has 1 amide bonds. The summed E-state index contributed by atoms with van der Waals surface area (Å²) in [7, 11) is 0. The fraction of sp³-hybridized carbons (Fsp3) is 0.562. The molecule has 1 aromatic carbocycles. The molecule has 0 unspecified atom stereocenters. The van der Waals surface area contributed by atoms with Gasteiger partial charge >= 0.3 is 0 Å². The number of ether oxygens (including phenoxy) is 1. The number of halogens is 1. The van der Waals surface area contributed by atoms with E-state index in [0.717, 1.165) is 24.8 Å². The van der Waals surface area contributed by atoms with Gasteiger partial charge in [0.1, 0.15) is 5.75 Å². The summed E-state index contributed by atoms with van der Waals surface area (Å²) in [6, 6.07) is 2.43. The molecule has 7 heteroatoms. The molecule has 126 valence electrons. The van der Waals surface area contributed by atoms with Crippen molar-refractivity contribution in [2.45, 2.75) is 44.9 Å². The molecule has 0 aromatic heterocycles. The Balaban J connectivity index is 1.97. The van der Waals surface area contributed by atoms with Gasteiger partial charge in [0, 0.05) is 11.6 Å². The van der Waals surface area contributed by atoms with E-state index in [0.29, 0.717) is 6.61 Å². The number of hydrogen-bond acceptors (Lipinski definition) is 4. The second-order valence-corrected chi connectivity index (χ2v) is 6.30. The summed E-state index contributed by atoms with van der Waals surface area (Å²) in [5.74, 6) is 0.129. The highest BCUT2D eigenvalue weighted by atomic mass is 35.5. The maximum atomic E-state index is 11.3. The van der Waals surface area contributed by atoms with Gasteiger partial charge in [-0.25, -0.2) is 0 Å². The Labute approximate surface area is 140 Å². The van der Waals surface area contributed by atoms with Crippen LogP contribution in [-0.4, -0.2) is 17.4 Å². The highest BCUT2D eigenvalue weighted by Crippen LogP contribution is 2.35. The first kappa shape index (κ1) is 17.5. The molecule has 0 aliphatic heterocycles. The quantitative estimate of drug-likeness (QED) is 0.459. The number of primary amides is 1. The molecule has 2 N–H and O–H groups in total. The van der Waals surface area contributed by atoms with Crippen LogP contribution in [0, 0.1) is 16.0 Å². The van der Waals surface area contributed by atoms with Gasteiger partial charge < -0.3 is 10.5 Å². The second kappa shape index (κ2) is 8.15. The largest absolute Gasteiger partial charge is 0.492 e. The minimum absolute atomic E-state index is 0.0170. The number of benzene rings is 1. The van der Waals surface area contributed by atoms with Crippen LogP contribution in [0.4, 0.5) is 5.69 Å². The maximum absolute atomic E-state index is 11.3. The van der Waals surface area contributed by atoms with Crippen LogP contribution in [0.25, 0.3) is 0 Å². The summed E-state index contributed by atoms with van der Waals surface area (Å²) in [5.41, 5.74) is 4.84. The van der Waals surface area contributed by atoms with E-state index in [2.05, 4.69) is 0 Å². The van der Waals surface area contributed by atoms with Crippen LogP contribution < -0.4 is 10.5 Å². The molecule has 0 heterocycles. The average molecular weight is 341 g/mol. The minimum atomic E-state index is -0.753. The Hall–Kier alpha value is -1.82. The van der Waals surface area contributed by atoms with E-state index in [4.69, 9.17) is 22.1 Å². The number of carbonyl (C=O) groups is 1. The van der Waals surface area contributed by atoms with E-state index in [9.17, 15) is 14.9 Å². The molecule has 1 aliphatic carbocycles. The van der Waals surface area contributed by atoms with Crippen LogP contribution >= 0.6 is 11.6 Å². The maximum Gasteiger partial charge on any atom is 0.292 e. The van der Waals surface area contributed by atoms with Gasteiger partial charge in [-0.05, 0) is 24.8 Å². The van der Waals surface area contributed by atoms with E-state index in [-0.39, 0.29) is 22.0 Å². The minimum Gasteiger partial charge on any atom is -0.492 e. The molecule has 23 heavy (non-hydrogen) atoms. The van der Waals surface area contributed by atoms with Crippen molar-refractivity contribution in [2.75, 3.05) is 6.61 Å². The lowest BCUT2D eigenvalue weighted by Gasteiger charge is -2.21. The molecular formula is C16H21ClN2O4. The molecule has 0 saturated heterocycles. The molecular weight excluding hydrogens is 320 g/mol. The average Bonchev–Trinajstić information content (AvgIpc) is 2.53. The highest BCUT2D eigenvalue weighted by molar-refractivity contribution is 6.34. The summed E-state index contributed by atoms with van der Waals surface area (Å²) in [4.78, 5) is 21.6. The Kier molecular flexibility index (Phi) is 6.21. The summed E-state index contributed by atoms with van der Waals surface area (Å²) in [6.07, 6.45) is 8.39. The van der Waals surface area contributed by atoms with Gasteiger partial charge in [0.2, 0.25) is 5.91 Å². The van der Waals surface area contributed by atoms with Crippen molar-refractivity contribution in [3.63, 3.8) is 0 Å². The van der Waals surface area contributed by atoms with Crippen molar-refractivity contribution in [2.24, 2.45) is 11.7 Å². The van der Waals surface area contributed by atoms with Gasteiger partial charge in [-0.2, -0.15) is 0 Å². The zero-order valence-corrected chi connectivity index (χ0v) is 13.7. The van der Waals surface area contributed by atoms with Crippen molar-refractivity contribution in [3.05, 3.63) is 32.8 Å². The van der Waals surface area contributed by atoms with Crippen LogP contribution in [0.1, 0.15) is 55.3 Å². The van der Waals surface area contributed by atoms with Crippen molar-refractivity contribution in [1.82, 2.24) is 0 Å². The van der Waals surface area contributed by atoms with Crippen LogP contribution in [0.15, 0.2) is 12.1 Å². The molecule has 0 bridgehead atoms. The van der Waals surface area contributed by atoms with Gasteiger partial charge in [0.05, 0.1) is 11.5 Å². The Morgan fingerprint density at radius 1 is 1.35 bits per heavy atom. The molecule has 1 aromatic rings. The van der Waals surface area contributed by atoms with Crippen LogP contribution in [-0.2, 0) is 0 Å². The summed E-state index contributed by atoms with van der Waals surface area (Å²) in [6.45, 7) is 0.412. The number of nitro groups is 1. The Bertz CT molecular complexity index is 586. The van der Waals surface area contributed by atoms with Crippen LogP contribution in [0.3, 0.4) is 0 Å². The number of hydrogen-bond donors (Lipinski definition) is 1. The first-order valence-corrected chi connectivity index (χ1v) is 8.27. The number of nitrogens with two attached hydrogens (primary N) is 1. The first-order chi connectivity index (χ1) is 11.0. The van der Waals surface area contributed by atoms with Gasteiger partial charge in [-0.1, -0.05) is 43.7 Å². The molecule has 0 atom stereocenters. The Morgan fingerprint density at radius 2 is 2.04 bits per heavy atom. The van der Waals surface area contributed by atoms with Crippen LogP contribution in [0.2, 0.25) is 5.02 Å². The summed E-state index contributed by atoms with van der Waals surface area (Å²) < 4.78 is 5.57. The Morgan fingerprint density at radius 3 is 2.65 bits per heavy atom. The predicted octanol–water partition coefficient (Wildman–Crippen LogP) is 4.09. The van der Waals surface area contributed by atoms with Crippen LogP contribution in [0.5, 0.6) is 5.75 Å².